The van der Waals surface area contributed by atoms with E-state index in [1.807, 2.05) is 0 Å². The summed E-state index contributed by atoms with van der Waals surface area (Å²) in [7, 11) is 0. The number of anilines is 1. The number of rotatable bonds is 2. The van der Waals surface area contributed by atoms with E-state index in [1.165, 1.54) is 12.1 Å². The van der Waals surface area contributed by atoms with E-state index in [0.717, 1.165) is 25.3 Å². The van der Waals surface area contributed by atoms with Crippen molar-refractivity contribution in [2.24, 2.45) is 0 Å². The van der Waals surface area contributed by atoms with Crippen LogP contribution in [0.2, 0.25) is 0 Å². The van der Waals surface area contributed by atoms with Gasteiger partial charge in [-0.15, -0.1) is 0 Å². The van der Waals surface area contributed by atoms with E-state index in [-0.39, 0.29) is 5.56 Å². The Morgan fingerprint density at radius 3 is 2.45 bits per heavy atom. The standard InChI is InChI=1S/C13H16F3N3O/c14-13(15,16)10-6-4-5-9(11(10)17)12(20)18-19-7-2-1-3-8-19/h4-6H,1-3,7-8,17H2,(H,18,20). The molecule has 0 bridgehead atoms. The van der Waals surface area contributed by atoms with Crippen molar-refractivity contribution in [3.63, 3.8) is 0 Å². The molecule has 1 heterocycles. The molecule has 7 heteroatoms. The number of carbonyl (C=O) groups is 1. The van der Waals surface area contributed by atoms with Crippen molar-refractivity contribution in [2.45, 2.75) is 25.4 Å². The first-order chi connectivity index (χ1) is 9.39. The molecule has 2 rings (SSSR count). The molecule has 0 aliphatic carbocycles. The second-order valence-electron chi connectivity index (χ2n) is 4.75. The van der Waals surface area contributed by atoms with Crippen LogP contribution in [0.25, 0.3) is 0 Å². The van der Waals surface area contributed by atoms with Crippen LogP contribution in [0.5, 0.6) is 0 Å². The number of amides is 1. The van der Waals surface area contributed by atoms with E-state index in [2.05, 4.69) is 5.43 Å². The largest absolute Gasteiger partial charge is 0.418 e. The summed E-state index contributed by atoms with van der Waals surface area (Å²) in [5.74, 6) is -0.601. The van der Waals surface area contributed by atoms with Gasteiger partial charge in [0.2, 0.25) is 0 Å². The Bertz CT molecular complexity index is 496. The first-order valence-corrected chi connectivity index (χ1v) is 6.41. The van der Waals surface area contributed by atoms with Crippen LogP contribution < -0.4 is 11.2 Å². The molecule has 1 saturated heterocycles. The number of benzene rings is 1. The van der Waals surface area contributed by atoms with E-state index in [9.17, 15) is 18.0 Å². The van der Waals surface area contributed by atoms with Gasteiger partial charge >= 0.3 is 6.18 Å². The minimum atomic E-state index is -4.56. The zero-order valence-corrected chi connectivity index (χ0v) is 10.8. The molecule has 1 fully saturated rings. The normalized spacial score (nSPS) is 16.9. The van der Waals surface area contributed by atoms with Crippen LogP contribution in [-0.4, -0.2) is 24.0 Å². The van der Waals surface area contributed by atoms with E-state index in [0.29, 0.717) is 13.1 Å². The van der Waals surface area contributed by atoms with Gasteiger partial charge in [0, 0.05) is 13.1 Å². The van der Waals surface area contributed by atoms with Gasteiger partial charge in [-0.05, 0) is 25.0 Å². The molecule has 1 amide bonds. The quantitative estimate of drug-likeness (QED) is 0.821. The zero-order chi connectivity index (χ0) is 14.8. The lowest BCUT2D eigenvalue weighted by molar-refractivity contribution is -0.136. The molecule has 0 radical (unpaired) electrons. The van der Waals surface area contributed by atoms with E-state index in [4.69, 9.17) is 5.73 Å². The molecule has 0 saturated carbocycles. The van der Waals surface area contributed by atoms with Crippen molar-refractivity contribution in [2.75, 3.05) is 18.8 Å². The van der Waals surface area contributed by atoms with Crippen LogP contribution in [0, 0.1) is 0 Å². The van der Waals surface area contributed by atoms with Crippen molar-refractivity contribution < 1.29 is 18.0 Å². The summed E-state index contributed by atoms with van der Waals surface area (Å²) in [4.78, 5) is 12.0. The Labute approximate surface area is 114 Å². The number of para-hydroxylation sites is 1. The van der Waals surface area contributed by atoms with Gasteiger partial charge in [-0.3, -0.25) is 10.2 Å². The summed E-state index contributed by atoms with van der Waals surface area (Å²) in [6.45, 7) is 1.40. The lowest BCUT2D eigenvalue weighted by atomic mass is 10.1. The summed E-state index contributed by atoms with van der Waals surface area (Å²) in [5.41, 5.74) is 6.41. The highest BCUT2D eigenvalue weighted by Gasteiger charge is 2.34. The van der Waals surface area contributed by atoms with Crippen LogP contribution in [-0.2, 0) is 6.18 Å². The van der Waals surface area contributed by atoms with Gasteiger partial charge in [0.1, 0.15) is 0 Å². The van der Waals surface area contributed by atoms with Crippen LogP contribution >= 0.6 is 0 Å². The molecule has 1 aliphatic heterocycles. The highest BCUT2D eigenvalue weighted by Crippen LogP contribution is 2.34. The molecule has 0 atom stereocenters. The molecule has 1 aromatic carbocycles. The van der Waals surface area contributed by atoms with Crippen molar-refractivity contribution in [1.29, 1.82) is 0 Å². The molecule has 0 spiro atoms. The highest BCUT2D eigenvalue weighted by molar-refractivity contribution is 5.99. The second-order valence-corrected chi connectivity index (χ2v) is 4.75. The van der Waals surface area contributed by atoms with Gasteiger partial charge in [-0.25, -0.2) is 5.01 Å². The maximum Gasteiger partial charge on any atom is 0.418 e. The Kier molecular flexibility index (Phi) is 4.17. The minimum absolute atomic E-state index is 0.148. The monoisotopic (exact) mass is 287 g/mol. The molecule has 4 nitrogen and oxygen atoms in total. The lowest BCUT2D eigenvalue weighted by Gasteiger charge is -2.27. The third-order valence-corrected chi connectivity index (χ3v) is 3.27. The number of nitrogens with one attached hydrogen (secondary N) is 1. The molecule has 3 N–H and O–H groups in total. The highest BCUT2D eigenvalue weighted by atomic mass is 19.4. The number of halogens is 3. The molecule has 20 heavy (non-hydrogen) atoms. The number of nitrogens with zero attached hydrogens (tertiary/aromatic N) is 1. The molecule has 0 unspecified atom stereocenters. The summed E-state index contributed by atoms with van der Waals surface area (Å²) >= 11 is 0. The number of carbonyl (C=O) groups excluding carboxylic acids is 1. The molecule has 110 valence electrons. The number of hydrazine groups is 1. The predicted octanol–water partition coefficient (Wildman–Crippen LogP) is 2.42. The number of nitrogens with two attached hydrogens (primary N) is 1. The Hall–Kier alpha value is -1.76. The molecule has 1 aromatic rings. The zero-order valence-electron chi connectivity index (χ0n) is 10.8. The van der Waals surface area contributed by atoms with Crippen molar-refractivity contribution >= 4 is 11.6 Å². The first kappa shape index (κ1) is 14.6. The molecule has 1 aliphatic rings. The first-order valence-electron chi connectivity index (χ1n) is 6.41. The summed E-state index contributed by atoms with van der Waals surface area (Å²) in [5, 5.41) is 1.71. The van der Waals surface area contributed by atoms with Gasteiger partial charge in [0.15, 0.2) is 0 Å². The third kappa shape index (κ3) is 3.22. The number of hydrogen-bond acceptors (Lipinski definition) is 3. The Morgan fingerprint density at radius 1 is 1.20 bits per heavy atom. The molecular formula is C13H16F3N3O. The van der Waals surface area contributed by atoms with Crippen LogP contribution in [0.1, 0.15) is 35.2 Å². The smallest absolute Gasteiger partial charge is 0.398 e. The fourth-order valence-electron chi connectivity index (χ4n) is 2.22. The predicted molar refractivity (Wildman–Crippen MR) is 68.7 cm³/mol. The third-order valence-electron chi connectivity index (χ3n) is 3.27. The maximum atomic E-state index is 12.7. The van der Waals surface area contributed by atoms with Gasteiger partial charge in [-0.2, -0.15) is 13.2 Å². The summed E-state index contributed by atoms with van der Waals surface area (Å²) in [6.07, 6.45) is -1.56. The van der Waals surface area contributed by atoms with E-state index < -0.39 is 23.3 Å². The summed E-state index contributed by atoms with van der Waals surface area (Å²) in [6, 6.07) is 3.35. The topological polar surface area (TPSA) is 58.4 Å². The van der Waals surface area contributed by atoms with Gasteiger partial charge in [-0.1, -0.05) is 12.5 Å². The van der Waals surface area contributed by atoms with Crippen LogP contribution in [0.3, 0.4) is 0 Å². The molecular weight excluding hydrogens is 271 g/mol. The van der Waals surface area contributed by atoms with Crippen LogP contribution in [0.15, 0.2) is 18.2 Å². The number of hydrogen-bond donors (Lipinski definition) is 2. The fraction of sp³-hybridized carbons (Fsp3) is 0.462. The number of alkyl halides is 3. The maximum absolute atomic E-state index is 12.7. The average Bonchev–Trinajstić information content (AvgIpc) is 2.38. The van der Waals surface area contributed by atoms with Crippen LogP contribution in [0.4, 0.5) is 18.9 Å². The SMILES string of the molecule is Nc1c(C(=O)NN2CCCCC2)cccc1C(F)(F)F. The molecule has 0 aromatic heterocycles. The number of nitrogen functional groups attached to an aromatic ring is 1. The van der Waals surface area contributed by atoms with Gasteiger partial charge in [0.25, 0.3) is 5.91 Å². The van der Waals surface area contributed by atoms with E-state index >= 15 is 0 Å². The second kappa shape index (κ2) is 5.70. The Balaban J connectivity index is 2.17. The fourth-order valence-corrected chi connectivity index (χ4v) is 2.22. The van der Waals surface area contributed by atoms with Crippen molar-refractivity contribution in [1.82, 2.24) is 10.4 Å². The number of piperidine rings is 1. The van der Waals surface area contributed by atoms with Gasteiger partial charge < -0.3 is 5.73 Å². The van der Waals surface area contributed by atoms with Crippen molar-refractivity contribution in [3.8, 4) is 0 Å². The Morgan fingerprint density at radius 2 is 1.85 bits per heavy atom. The van der Waals surface area contributed by atoms with E-state index in [1.54, 1.807) is 5.01 Å². The average molecular weight is 287 g/mol. The van der Waals surface area contributed by atoms with Crippen molar-refractivity contribution in [3.05, 3.63) is 29.3 Å². The van der Waals surface area contributed by atoms with Gasteiger partial charge in [0.05, 0.1) is 16.8 Å². The summed E-state index contributed by atoms with van der Waals surface area (Å²) < 4.78 is 38.2. The lowest BCUT2D eigenvalue weighted by Crippen LogP contribution is -2.45. The minimum Gasteiger partial charge on any atom is -0.398 e.